The number of nitrogens with zero attached hydrogens (tertiary/aromatic N) is 1. The summed E-state index contributed by atoms with van der Waals surface area (Å²) in [6.07, 6.45) is 6.26. The zero-order valence-electron chi connectivity index (χ0n) is 10.6. The first-order valence-electron chi connectivity index (χ1n) is 7.09. The molecule has 3 aliphatic rings. The van der Waals surface area contributed by atoms with Gasteiger partial charge >= 0.3 is 0 Å². The van der Waals surface area contributed by atoms with Gasteiger partial charge in [0.1, 0.15) is 0 Å². The van der Waals surface area contributed by atoms with Gasteiger partial charge in [-0.05, 0) is 25.7 Å². The topological polar surface area (TPSA) is 24.5 Å². The van der Waals surface area contributed by atoms with E-state index in [2.05, 4.69) is 22.0 Å². The lowest BCUT2D eigenvalue weighted by Gasteiger charge is -2.28. The second-order valence-electron chi connectivity index (χ2n) is 5.55. The highest BCUT2D eigenvalue weighted by Crippen LogP contribution is 2.23. The predicted octanol–water partition coefficient (Wildman–Crippen LogP) is 1.33. The molecular weight excluding hydrogens is 232 g/mol. The van der Waals surface area contributed by atoms with Crippen LogP contribution in [0.5, 0.6) is 0 Å². The van der Waals surface area contributed by atoms with Crippen LogP contribution in [0.2, 0.25) is 0 Å². The van der Waals surface area contributed by atoms with Crippen LogP contribution in [-0.2, 0) is 4.74 Å². The van der Waals surface area contributed by atoms with E-state index in [0.717, 1.165) is 12.6 Å². The fourth-order valence-electron chi connectivity index (χ4n) is 2.72. The zero-order chi connectivity index (χ0) is 11.5. The molecule has 98 valence electrons. The summed E-state index contributed by atoms with van der Waals surface area (Å²) in [5.41, 5.74) is 0. The third-order valence-corrected chi connectivity index (χ3v) is 4.92. The Morgan fingerprint density at radius 2 is 1.82 bits per heavy atom. The molecule has 0 spiro atoms. The quantitative estimate of drug-likeness (QED) is 0.802. The van der Waals surface area contributed by atoms with Crippen LogP contribution in [0.4, 0.5) is 0 Å². The van der Waals surface area contributed by atoms with Crippen molar-refractivity contribution in [3.05, 3.63) is 0 Å². The van der Waals surface area contributed by atoms with Crippen LogP contribution in [0, 0.1) is 0 Å². The van der Waals surface area contributed by atoms with Gasteiger partial charge in [0.05, 0.1) is 12.2 Å². The van der Waals surface area contributed by atoms with Gasteiger partial charge < -0.3 is 10.1 Å². The smallest absolute Gasteiger partial charge is 0.0707 e. The maximum Gasteiger partial charge on any atom is 0.0707 e. The van der Waals surface area contributed by atoms with Crippen molar-refractivity contribution in [3.63, 3.8) is 0 Å². The Hall–Kier alpha value is 0.230. The number of nitrogens with one attached hydrogen (secondary N) is 1. The monoisotopic (exact) mass is 256 g/mol. The van der Waals surface area contributed by atoms with Gasteiger partial charge in [0.2, 0.25) is 0 Å². The summed E-state index contributed by atoms with van der Waals surface area (Å²) >= 11 is 2.08. The van der Waals surface area contributed by atoms with Gasteiger partial charge in [-0.3, -0.25) is 4.90 Å². The predicted molar refractivity (Wildman–Crippen MR) is 72.7 cm³/mol. The molecule has 2 unspecified atom stereocenters. The molecule has 1 N–H and O–H groups in total. The Balaban J connectivity index is 1.34. The minimum atomic E-state index is 0.486. The molecule has 0 aromatic heterocycles. The van der Waals surface area contributed by atoms with Gasteiger partial charge in [-0.2, -0.15) is 11.8 Å². The van der Waals surface area contributed by atoms with E-state index < -0.39 is 0 Å². The standard InChI is InChI=1S/C13H24N2OS/c1-2-11(1)14-9-12-3-4-13(16-12)10-15-5-7-17-8-6-15/h11-14H,1-10H2. The van der Waals surface area contributed by atoms with Crippen LogP contribution in [0.1, 0.15) is 25.7 Å². The van der Waals surface area contributed by atoms with E-state index >= 15 is 0 Å². The van der Waals surface area contributed by atoms with Gasteiger partial charge in [0.15, 0.2) is 0 Å². The zero-order valence-corrected chi connectivity index (χ0v) is 11.4. The molecule has 0 radical (unpaired) electrons. The summed E-state index contributed by atoms with van der Waals surface area (Å²) < 4.78 is 6.13. The van der Waals surface area contributed by atoms with Crippen molar-refractivity contribution in [3.8, 4) is 0 Å². The van der Waals surface area contributed by atoms with Crippen LogP contribution < -0.4 is 5.32 Å². The van der Waals surface area contributed by atoms with Crippen molar-refractivity contribution in [2.75, 3.05) is 37.7 Å². The van der Waals surface area contributed by atoms with Crippen molar-refractivity contribution in [1.82, 2.24) is 10.2 Å². The Bertz CT molecular complexity index is 242. The summed E-state index contributed by atoms with van der Waals surface area (Å²) in [6, 6.07) is 0.816. The van der Waals surface area contributed by atoms with Crippen molar-refractivity contribution in [2.24, 2.45) is 0 Å². The van der Waals surface area contributed by atoms with E-state index in [-0.39, 0.29) is 0 Å². The van der Waals surface area contributed by atoms with E-state index in [9.17, 15) is 0 Å². The van der Waals surface area contributed by atoms with E-state index in [1.54, 1.807) is 0 Å². The molecule has 2 heterocycles. The molecule has 4 heteroatoms. The van der Waals surface area contributed by atoms with Crippen LogP contribution in [0.15, 0.2) is 0 Å². The second-order valence-corrected chi connectivity index (χ2v) is 6.78. The Morgan fingerprint density at radius 1 is 1.06 bits per heavy atom. The van der Waals surface area contributed by atoms with Crippen LogP contribution in [0.3, 0.4) is 0 Å². The average molecular weight is 256 g/mol. The minimum absolute atomic E-state index is 0.486. The molecule has 0 amide bonds. The first-order chi connectivity index (χ1) is 8.40. The number of hydrogen-bond acceptors (Lipinski definition) is 4. The largest absolute Gasteiger partial charge is 0.372 e. The highest BCUT2D eigenvalue weighted by atomic mass is 32.2. The van der Waals surface area contributed by atoms with Crippen molar-refractivity contribution < 1.29 is 4.74 Å². The highest BCUT2D eigenvalue weighted by molar-refractivity contribution is 7.99. The maximum atomic E-state index is 6.13. The lowest BCUT2D eigenvalue weighted by Crippen LogP contribution is -2.39. The summed E-state index contributed by atoms with van der Waals surface area (Å²) in [5.74, 6) is 2.61. The fraction of sp³-hybridized carbons (Fsp3) is 1.00. The summed E-state index contributed by atoms with van der Waals surface area (Å²) in [4.78, 5) is 2.58. The maximum absolute atomic E-state index is 6.13. The Labute approximate surface area is 109 Å². The fourth-order valence-corrected chi connectivity index (χ4v) is 3.70. The number of hydrogen-bond donors (Lipinski definition) is 1. The third-order valence-electron chi connectivity index (χ3n) is 3.97. The van der Waals surface area contributed by atoms with Gasteiger partial charge in [-0.25, -0.2) is 0 Å². The molecule has 0 aromatic rings. The van der Waals surface area contributed by atoms with Crippen LogP contribution in [0.25, 0.3) is 0 Å². The Kier molecular flexibility index (Phi) is 4.27. The molecule has 3 rings (SSSR count). The Morgan fingerprint density at radius 3 is 2.59 bits per heavy atom. The molecule has 0 aromatic carbocycles. The first kappa shape index (κ1) is 12.3. The molecule has 1 aliphatic carbocycles. The molecule has 2 aliphatic heterocycles. The normalized spacial score (nSPS) is 35.3. The SMILES string of the molecule is C1CN(CC2CCC(CNC3CC3)O2)CCS1. The van der Waals surface area contributed by atoms with Crippen molar-refractivity contribution >= 4 is 11.8 Å². The summed E-state index contributed by atoms with van der Waals surface area (Å²) in [7, 11) is 0. The third kappa shape index (κ3) is 3.85. The lowest BCUT2D eigenvalue weighted by molar-refractivity contribution is 0.0250. The number of rotatable bonds is 5. The second kappa shape index (κ2) is 5.91. The molecular formula is C13H24N2OS. The number of thioether (sulfide) groups is 1. The molecule has 2 saturated heterocycles. The van der Waals surface area contributed by atoms with Crippen molar-refractivity contribution in [2.45, 2.75) is 43.9 Å². The molecule has 1 saturated carbocycles. The highest BCUT2D eigenvalue weighted by Gasteiger charge is 2.29. The van der Waals surface area contributed by atoms with Crippen molar-refractivity contribution in [1.29, 1.82) is 0 Å². The minimum Gasteiger partial charge on any atom is -0.372 e. The molecule has 0 bridgehead atoms. The molecule has 2 atom stereocenters. The van der Waals surface area contributed by atoms with E-state index in [0.29, 0.717) is 12.2 Å². The van der Waals surface area contributed by atoms with Crippen LogP contribution in [-0.4, -0.2) is 60.8 Å². The van der Waals surface area contributed by atoms with Crippen LogP contribution >= 0.6 is 11.8 Å². The van der Waals surface area contributed by atoms with E-state index in [4.69, 9.17) is 4.74 Å². The molecule has 3 nitrogen and oxygen atoms in total. The summed E-state index contributed by atoms with van der Waals surface area (Å²) in [6.45, 7) is 4.77. The molecule has 3 fully saturated rings. The van der Waals surface area contributed by atoms with Gasteiger partial charge in [0, 0.05) is 43.7 Å². The average Bonchev–Trinajstić information content (AvgIpc) is 3.09. The van der Waals surface area contributed by atoms with E-state index in [1.807, 2.05) is 0 Å². The van der Waals surface area contributed by atoms with Gasteiger partial charge in [0.25, 0.3) is 0 Å². The number of ether oxygens (including phenoxy) is 1. The summed E-state index contributed by atoms with van der Waals surface area (Å²) in [5, 5.41) is 3.58. The van der Waals surface area contributed by atoms with Gasteiger partial charge in [-0.15, -0.1) is 0 Å². The van der Waals surface area contributed by atoms with E-state index in [1.165, 1.54) is 56.8 Å². The van der Waals surface area contributed by atoms with Gasteiger partial charge in [-0.1, -0.05) is 0 Å². The molecule has 17 heavy (non-hydrogen) atoms. The lowest BCUT2D eigenvalue weighted by atomic mass is 10.2. The first-order valence-corrected chi connectivity index (χ1v) is 8.24.